The topological polar surface area (TPSA) is 34.9 Å². The van der Waals surface area contributed by atoms with E-state index >= 15 is 0 Å². The number of halogens is 3. The van der Waals surface area contributed by atoms with Gasteiger partial charge < -0.3 is 0 Å². The molecule has 110 valence electrons. The second-order valence-corrected chi connectivity index (χ2v) is 4.90. The third kappa shape index (κ3) is 2.40. The number of rotatable bonds is 3. The van der Waals surface area contributed by atoms with Crippen LogP contribution in [0.5, 0.6) is 0 Å². The highest BCUT2D eigenvalue weighted by atomic mass is 35.5. The summed E-state index contributed by atoms with van der Waals surface area (Å²) in [5, 5.41) is 4.17. The summed E-state index contributed by atoms with van der Waals surface area (Å²) in [4.78, 5) is 11.3. The van der Waals surface area contributed by atoms with E-state index in [4.69, 9.17) is 11.6 Å². The van der Waals surface area contributed by atoms with Gasteiger partial charge in [0.1, 0.15) is 22.4 Å². The van der Waals surface area contributed by atoms with Gasteiger partial charge in [-0.15, -0.1) is 0 Å². The van der Waals surface area contributed by atoms with E-state index in [1.54, 1.807) is 24.3 Å². The molecule has 3 rings (SSSR count). The van der Waals surface area contributed by atoms with Gasteiger partial charge in [0.05, 0.1) is 5.56 Å². The van der Waals surface area contributed by atoms with Gasteiger partial charge in [-0.2, -0.15) is 5.10 Å². The summed E-state index contributed by atoms with van der Waals surface area (Å²) in [5.41, 5.74) is 1.13. The monoisotopic (exact) mass is 318 g/mol. The van der Waals surface area contributed by atoms with E-state index in [1.807, 2.05) is 6.07 Å². The fourth-order valence-corrected chi connectivity index (χ4v) is 2.40. The van der Waals surface area contributed by atoms with E-state index in [9.17, 15) is 13.6 Å². The normalized spacial score (nSPS) is 10.7. The first-order valence-electron chi connectivity index (χ1n) is 6.36. The lowest BCUT2D eigenvalue weighted by molar-refractivity contribution is 0.112. The third-order valence-electron chi connectivity index (χ3n) is 3.17. The van der Waals surface area contributed by atoms with Crippen LogP contribution in [-0.2, 0) is 0 Å². The van der Waals surface area contributed by atoms with Crippen molar-refractivity contribution in [2.75, 3.05) is 0 Å². The molecule has 0 aliphatic heterocycles. The lowest BCUT2D eigenvalue weighted by atomic mass is 10.1. The highest BCUT2D eigenvalue weighted by Crippen LogP contribution is 2.30. The van der Waals surface area contributed by atoms with Crippen LogP contribution in [0.15, 0.2) is 48.5 Å². The average molecular weight is 319 g/mol. The van der Waals surface area contributed by atoms with Gasteiger partial charge in [0.2, 0.25) is 0 Å². The molecule has 0 aliphatic rings. The summed E-state index contributed by atoms with van der Waals surface area (Å²) >= 11 is 6.13. The third-order valence-corrected chi connectivity index (χ3v) is 3.53. The largest absolute Gasteiger partial charge is 0.298 e. The fourth-order valence-electron chi connectivity index (χ4n) is 2.14. The predicted molar refractivity (Wildman–Crippen MR) is 79.3 cm³/mol. The Bertz CT molecular complexity index is 847. The first-order chi connectivity index (χ1) is 10.6. The molecule has 0 aliphatic carbocycles. The summed E-state index contributed by atoms with van der Waals surface area (Å²) in [6.07, 6.45) is 0.565. The molecule has 3 nitrogen and oxygen atoms in total. The Morgan fingerprint density at radius 2 is 1.82 bits per heavy atom. The van der Waals surface area contributed by atoms with Gasteiger partial charge in [-0.3, -0.25) is 4.79 Å². The van der Waals surface area contributed by atoms with Crippen LogP contribution < -0.4 is 0 Å². The SMILES string of the molecule is O=Cc1c(-c2ccccc2)nn(-c2ccc(F)cc2F)c1Cl. The predicted octanol–water partition coefficient (Wildman–Crippen LogP) is 4.28. The van der Waals surface area contributed by atoms with Crippen LogP contribution in [-0.4, -0.2) is 16.1 Å². The summed E-state index contributed by atoms with van der Waals surface area (Å²) in [6, 6.07) is 12.0. The number of nitrogens with zero attached hydrogens (tertiary/aromatic N) is 2. The van der Waals surface area contributed by atoms with E-state index in [1.165, 1.54) is 6.07 Å². The molecule has 22 heavy (non-hydrogen) atoms. The van der Waals surface area contributed by atoms with Crippen LogP contribution in [0.2, 0.25) is 5.15 Å². The lowest BCUT2D eigenvalue weighted by Gasteiger charge is -2.04. The molecule has 0 spiro atoms. The van der Waals surface area contributed by atoms with Crippen molar-refractivity contribution in [2.45, 2.75) is 0 Å². The lowest BCUT2D eigenvalue weighted by Crippen LogP contribution is -2.00. The Labute approximate surface area is 129 Å². The number of aromatic nitrogens is 2. The quantitative estimate of drug-likeness (QED) is 0.675. The second-order valence-electron chi connectivity index (χ2n) is 4.54. The van der Waals surface area contributed by atoms with Crippen molar-refractivity contribution in [3.63, 3.8) is 0 Å². The first-order valence-corrected chi connectivity index (χ1v) is 6.74. The van der Waals surface area contributed by atoms with Crippen molar-refractivity contribution >= 4 is 17.9 Å². The highest BCUT2D eigenvalue weighted by Gasteiger charge is 2.20. The first kappa shape index (κ1) is 14.4. The smallest absolute Gasteiger partial charge is 0.155 e. The Morgan fingerprint density at radius 3 is 2.45 bits per heavy atom. The molecule has 0 saturated heterocycles. The maximum absolute atomic E-state index is 13.9. The molecule has 3 aromatic rings. The Kier molecular flexibility index (Phi) is 3.73. The van der Waals surface area contributed by atoms with Crippen molar-refractivity contribution in [3.8, 4) is 16.9 Å². The zero-order chi connectivity index (χ0) is 15.7. The molecule has 0 fully saturated rings. The Hall–Kier alpha value is -2.53. The molecule has 1 heterocycles. The Morgan fingerprint density at radius 1 is 1.09 bits per heavy atom. The molecule has 0 unspecified atom stereocenters. The van der Waals surface area contributed by atoms with E-state index in [0.717, 1.165) is 16.8 Å². The van der Waals surface area contributed by atoms with Crippen molar-refractivity contribution in [2.24, 2.45) is 0 Å². The number of carbonyl (C=O) groups is 1. The molecule has 0 atom stereocenters. The summed E-state index contributed by atoms with van der Waals surface area (Å²) in [5.74, 6) is -1.52. The molecular formula is C16H9ClF2N2O. The molecule has 0 N–H and O–H groups in total. The van der Waals surface area contributed by atoms with Crippen LogP contribution in [0.1, 0.15) is 10.4 Å². The second kappa shape index (κ2) is 5.69. The van der Waals surface area contributed by atoms with Crippen molar-refractivity contribution in [1.82, 2.24) is 9.78 Å². The molecule has 0 bridgehead atoms. The molecule has 0 saturated carbocycles. The minimum Gasteiger partial charge on any atom is -0.298 e. The maximum Gasteiger partial charge on any atom is 0.155 e. The van der Waals surface area contributed by atoms with Crippen molar-refractivity contribution in [1.29, 1.82) is 0 Å². The van der Waals surface area contributed by atoms with Crippen molar-refractivity contribution in [3.05, 3.63) is 70.9 Å². The number of hydrogen-bond donors (Lipinski definition) is 0. The average Bonchev–Trinajstić information content (AvgIpc) is 2.85. The number of carbonyl (C=O) groups excluding carboxylic acids is 1. The summed E-state index contributed by atoms with van der Waals surface area (Å²) < 4.78 is 28.0. The molecule has 2 aromatic carbocycles. The summed E-state index contributed by atoms with van der Waals surface area (Å²) in [6.45, 7) is 0. The van der Waals surface area contributed by atoms with E-state index in [2.05, 4.69) is 5.10 Å². The molecular weight excluding hydrogens is 310 g/mol. The van der Waals surface area contributed by atoms with Gasteiger partial charge >= 0.3 is 0 Å². The van der Waals surface area contributed by atoms with Crippen LogP contribution in [0.3, 0.4) is 0 Å². The number of aldehydes is 1. The summed E-state index contributed by atoms with van der Waals surface area (Å²) in [7, 11) is 0. The highest BCUT2D eigenvalue weighted by molar-refractivity contribution is 6.32. The molecule has 0 amide bonds. The van der Waals surface area contributed by atoms with Crippen LogP contribution in [0.4, 0.5) is 8.78 Å². The van der Waals surface area contributed by atoms with Gasteiger partial charge in [0.15, 0.2) is 12.1 Å². The minimum absolute atomic E-state index is 0.0284. The number of benzene rings is 2. The van der Waals surface area contributed by atoms with Gasteiger partial charge in [-0.1, -0.05) is 41.9 Å². The van der Waals surface area contributed by atoms with Gasteiger partial charge in [0, 0.05) is 11.6 Å². The standard InChI is InChI=1S/C16H9ClF2N2O/c17-16-12(9-22)15(10-4-2-1-3-5-10)20-21(16)14-7-6-11(18)8-13(14)19/h1-9H. The number of hydrogen-bond acceptors (Lipinski definition) is 2. The van der Waals surface area contributed by atoms with E-state index in [-0.39, 0.29) is 16.4 Å². The zero-order valence-electron chi connectivity index (χ0n) is 11.1. The minimum atomic E-state index is -0.818. The molecule has 6 heteroatoms. The van der Waals surface area contributed by atoms with Gasteiger partial charge in [0.25, 0.3) is 0 Å². The molecule has 0 radical (unpaired) electrons. The van der Waals surface area contributed by atoms with E-state index < -0.39 is 11.6 Å². The zero-order valence-corrected chi connectivity index (χ0v) is 11.9. The van der Waals surface area contributed by atoms with Crippen molar-refractivity contribution < 1.29 is 13.6 Å². The fraction of sp³-hybridized carbons (Fsp3) is 0. The van der Waals surface area contributed by atoms with Gasteiger partial charge in [-0.25, -0.2) is 13.5 Å². The van der Waals surface area contributed by atoms with Crippen LogP contribution in [0, 0.1) is 11.6 Å². The van der Waals surface area contributed by atoms with Crippen LogP contribution >= 0.6 is 11.6 Å². The van der Waals surface area contributed by atoms with Crippen LogP contribution in [0.25, 0.3) is 16.9 Å². The van der Waals surface area contributed by atoms with E-state index in [0.29, 0.717) is 17.5 Å². The molecule has 1 aromatic heterocycles. The Balaban J connectivity index is 2.22. The maximum atomic E-state index is 13.9. The van der Waals surface area contributed by atoms with Gasteiger partial charge in [-0.05, 0) is 12.1 Å².